The first-order chi connectivity index (χ1) is 17.4. The van der Waals surface area contributed by atoms with Gasteiger partial charge in [-0.05, 0) is 60.4 Å². The second kappa shape index (κ2) is 9.91. The number of halogens is 1. The predicted octanol–water partition coefficient (Wildman–Crippen LogP) is 5.36. The van der Waals surface area contributed by atoms with Gasteiger partial charge in [0.1, 0.15) is 5.82 Å². The average molecular weight is 486 g/mol. The Morgan fingerprint density at radius 3 is 2.75 bits per heavy atom. The number of morpholine rings is 1. The molecular weight excluding hydrogens is 457 g/mol. The van der Waals surface area contributed by atoms with Crippen molar-refractivity contribution < 1.29 is 13.9 Å². The van der Waals surface area contributed by atoms with Crippen LogP contribution in [0.2, 0.25) is 0 Å². The summed E-state index contributed by atoms with van der Waals surface area (Å²) < 4.78 is 22.5. The lowest BCUT2D eigenvalue weighted by Crippen LogP contribution is -2.36. The molecule has 0 aliphatic carbocycles. The molecule has 0 atom stereocenters. The highest BCUT2D eigenvalue weighted by molar-refractivity contribution is 6.05. The fourth-order valence-corrected chi connectivity index (χ4v) is 4.42. The first-order valence-corrected chi connectivity index (χ1v) is 12.0. The molecule has 1 N–H and O–H groups in total. The number of nitrogens with one attached hydrogen (secondary N) is 1. The minimum atomic E-state index is -0.492. The molecule has 8 heteroatoms. The first-order valence-electron chi connectivity index (χ1n) is 12.0. The van der Waals surface area contributed by atoms with E-state index in [1.165, 1.54) is 6.07 Å². The van der Waals surface area contributed by atoms with Gasteiger partial charge >= 0.3 is 0 Å². The number of aryl methyl sites for hydroxylation is 1. The third-order valence-electron chi connectivity index (χ3n) is 6.50. The van der Waals surface area contributed by atoms with Crippen LogP contribution in [0.15, 0.2) is 61.7 Å². The Kier molecular flexibility index (Phi) is 6.52. The molecular formula is C28H28FN5O2. The van der Waals surface area contributed by atoms with Crippen LogP contribution in [0.1, 0.15) is 35.0 Å². The van der Waals surface area contributed by atoms with Crippen molar-refractivity contribution in [3.05, 3.63) is 84.3 Å². The van der Waals surface area contributed by atoms with Crippen molar-refractivity contribution in [1.82, 2.24) is 14.4 Å². The maximum absolute atomic E-state index is 15.0. The molecule has 7 nitrogen and oxygen atoms in total. The van der Waals surface area contributed by atoms with Gasteiger partial charge in [0.2, 0.25) is 0 Å². The summed E-state index contributed by atoms with van der Waals surface area (Å²) in [5.41, 5.74) is 6.35. The highest BCUT2D eigenvalue weighted by Gasteiger charge is 2.19. The molecule has 0 saturated carbocycles. The van der Waals surface area contributed by atoms with Gasteiger partial charge in [0.25, 0.3) is 5.91 Å². The summed E-state index contributed by atoms with van der Waals surface area (Å²) in [5, 5.41) is 2.74. The molecule has 1 aliphatic rings. The van der Waals surface area contributed by atoms with Gasteiger partial charge in [-0.2, -0.15) is 0 Å². The van der Waals surface area contributed by atoms with Gasteiger partial charge < -0.3 is 19.4 Å². The quantitative estimate of drug-likeness (QED) is 0.398. The Bertz CT molecular complexity index is 1460. The zero-order valence-electron chi connectivity index (χ0n) is 20.4. The maximum atomic E-state index is 15.0. The highest BCUT2D eigenvalue weighted by Crippen LogP contribution is 2.33. The fraction of sp³-hybridized carbons (Fsp3) is 0.250. The topological polar surface area (TPSA) is 71.8 Å². The molecule has 5 rings (SSSR count). The third kappa shape index (κ3) is 4.59. The molecule has 184 valence electrons. The molecule has 4 aromatic rings. The first kappa shape index (κ1) is 23.7. The molecule has 1 aromatic carbocycles. The van der Waals surface area contributed by atoms with Crippen LogP contribution < -0.4 is 10.2 Å². The Balaban J connectivity index is 1.51. The number of nitrogens with zero attached hydrogens (tertiary/aromatic N) is 4. The number of anilines is 2. The van der Waals surface area contributed by atoms with Crippen LogP contribution in [0.4, 0.5) is 15.8 Å². The number of imidazole rings is 1. The lowest BCUT2D eigenvalue weighted by molar-refractivity contribution is 0.102. The molecule has 0 radical (unpaired) electrons. The second-order valence-corrected chi connectivity index (χ2v) is 8.86. The number of benzene rings is 1. The smallest absolute Gasteiger partial charge is 0.255 e. The van der Waals surface area contributed by atoms with E-state index in [1.807, 2.05) is 30.6 Å². The Morgan fingerprint density at radius 1 is 1.17 bits per heavy atom. The minimum absolute atomic E-state index is 0.118. The predicted molar refractivity (Wildman–Crippen MR) is 140 cm³/mol. The van der Waals surface area contributed by atoms with Crippen molar-refractivity contribution in [3.8, 4) is 11.1 Å². The highest BCUT2D eigenvalue weighted by atomic mass is 19.1. The number of aromatic nitrogens is 3. The average Bonchev–Trinajstić information content (AvgIpc) is 3.38. The van der Waals surface area contributed by atoms with Gasteiger partial charge in [-0.3, -0.25) is 9.78 Å². The van der Waals surface area contributed by atoms with Crippen molar-refractivity contribution in [2.75, 3.05) is 36.5 Å². The van der Waals surface area contributed by atoms with E-state index in [-0.39, 0.29) is 5.69 Å². The normalized spacial score (nSPS) is 13.7. The molecule has 4 heterocycles. The van der Waals surface area contributed by atoms with Gasteiger partial charge in [0, 0.05) is 49.0 Å². The number of allylic oxidation sites excluding steroid dienone is 1. The Hall–Kier alpha value is -4.04. The number of pyridine rings is 2. The second-order valence-electron chi connectivity index (χ2n) is 8.86. The lowest BCUT2D eigenvalue weighted by atomic mass is 10.00. The number of ether oxygens (including phenoxy) is 1. The monoisotopic (exact) mass is 485 g/mol. The number of amides is 1. The van der Waals surface area contributed by atoms with Crippen molar-refractivity contribution in [1.29, 1.82) is 0 Å². The summed E-state index contributed by atoms with van der Waals surface area (Å²) in [5.74, 6) is -0.899. The van der Waals surface area contributed by atoms with E-state index in [2.05, 4.69) is 32.8 Å². The fourth-order valence-electron chi connectivity index (χ4n) is 4.42. The standard InChI is InChI=1S/C28H28FN5O2/c1-4-18(2)24-14-20(5-6-30-24)28(35)32-25-16-22(19(3)13-23(25)29)21-15-26(33-9-11-36-12-10-33)27-31-7-8-34(27)17-21/h5-8,13-17H,2,4,9-12H2,1,3H3,(H,32,35). The van der Waals surface area contributed by atoms with Crippen LogP contribution in [0.25, 0.3) is 22.3 Å². The molecule has 36 heavy (non-hydrogen) atoms. The number of hydrogen-bond donors (Lipinski definition) is 1. The number of rotatable bonds is 6. The van der Waals surface area contributed by atoms with Crippen molar-refractivity contribution >= 4 is 28.5 Å². The van der Waals surface area contributed by atoms with Crippen molar-refractivity contribution in [3.63, 3.8) is 0 Å². The van der Waals surface area contributed by atoms with Crippen LogP contribution in [-0.2, 0) is 4.74 Å². The van der Waals surface area contributed by atoms with Gasteiger partial charge in [0.15, 0.2) is 5.65 Å². The molecule has 0 spiro atoms. The van der Waals surface area contributed by atoms with Crippen LogP contribution in [0, 0.1) is 12.7 Å². The van der Waals surface area contributed by atoms with Gasteiger partial charge in [-0.1, -0.05) is 13.5 Å². The summed E-state index contributed by atoms with van der Waals surface area (Å²) in [4.78, 5) is 24.1. The van der Waals surface area contributed by atoms with E-state index < -0.39 is 11.7 Å². The maximum Gasteiger partial charge on any atom is 0.255 e. The molecule has 1 fully saturated rings. The van der Waals surface area contributed by atoms with Crippen molar-refractivity contribution in [2.45, 2.75) is 20.3 Å². The van der Waals surface area contributed by atoms with Crippen LogP contribution >= 0.6 is 0 Å². The van der Waals surface area contributed by atoms with Crippen molar-refractivity contribution in [2.24, 2.45) is 0 Å². The van der Waals surface area contributed by atoms with E-state index in [0.29, 0.717) is 24.5 Å². The SMILES string of the molecule is C=C(CC)c1cc(C(=O)Nc2cc(-c3cc(N4CCOCC4)c4nccn4c3)c(C)cc2F)ccn1. The third-order valence-corrected chi connectivity index (χ3v) is 6.50. The molecule has 1 amide bonds. The number of fused-ring (bicyclic) bond motifs is 1. The molecule has 0 unspecified atom stereocenters. The van der Waals surface area contributed by atoms with E-state index in [1.54, 1.807) is 30.6 Å². The van der Waals surface area contributed by atoms with E-state index in [0.717, 1.165) is 53.1 Å². The summed E-state index contributed by atoms with van der Waals surface area (Å²) in [6.07, 6.45) is 7.93. The Labute approximate surface area is 209 Å². The van der Waals surface area contributed by atoms with E-state index in [4.69, 9.17) is 4.74 Å². The van der Waals surface area contributed by atoms with E-state index in [9.17, 15) is 9.18 Å². The molecule has 0 bridgehead atoms. The molecule has 1 aliphatic heterocycles. The van der Waals surface area contributed by atoms with Crippen LogP contribution in [0.3, 0.4) is 0 Å². The summed E-state index contributed by atoms with van der Waals surface area (Å²) in [6, 6.07) is 8.50. The lowest BCUT2D eigenvalue weighted by Gasteiger charge is -2.29. The number of carbonyl (C=O) groups is 1. The number of hydrogen-bond acceptors (Lipinski definition) is 5. The summed E-state index contributed by atoms with van der Waals surface area (Å²) in [6.45, 7) is 10.7. The molecule has 1 saturated heterocycles. The van der Waals surface area contributed by atoms with Gasteiger partial charge in [-0.15, -0.1) is 0 Å². The van der Waals surface area contributed by atoms with E-state index >= 15 is 0 Å². The summed E-state index contributed by atoms with van der Waals surface area (Å²) >= 11 is 0. The van der Waals surface area contributed by atoms with Gasteiger partial charge in [-0.25, -0.2) is 9.37 Å². The number of carbonyl (C=O) groups excluding carboxylic acids is 1. The van der Waals surface area contributed by atoms with Crippen LogP contribution in [0.5, 0.6) is 0 Å². The van der Waals surface area contributed by atoms with Gasteiger partial charge in [0.05, 0.1) is 30.3 Å². The zero-order valence-corrected chi connectivity index (χ0v) is 20.4. The largest absolute Gasteiger partial charge is 0.378 e. The van der Waals surface area contributed by atoms with Crippen LogP contribution in [-0.4, -0.2) is 46.6 Å². The summed E-state index contributed by atoms with van der Waals surface area (Å²) in [7, 11) is 0. The minimum Gasteiger partial charge on any atom is -0.378 e. The zero-order chi connectivity index (χ0) is 25.2. The molecule has 3 aromatic heterocycles. The Morgan fingerprint density at radius 2 is 1.97 bits per heavy atom.